The van der Waals surface area contributed by atoms with Crippen molar-refractivity contribution >= 4 is 15.8 Å². The first-order valence-electron chi connectivity index (χ1n) is 8.84. The molecule has 3 atom stereocenters. The van der Waals surface area contributed by atoms with Gasteiger partial charge in [-0.3, -0.25) is 4.79 Å². The molecule has 6 heteroatoms. The van der Waals surface area contributed by atoms with Crippen molar-refractivity contribution in [3.8, 4) is 0 Å². The van der Waals surface area contributed by atoms with Crippen molar-refractivity contribution in [2.24, 2.45) is 16.7 Å². The standard InChI is InChI=1S/C18H25NO4S/c1-17(2)13-7-8-18(17,16(20)11-13)12-24(21,22)19-9-3-5-14(19)15-6-4-10-23-15/h4,6,10,13-14H,3,5,7-9,11-12H2,1-2H3/t13-,14+,18+/m0/s1. The van der Waals surface area contributed by atoms with Crippen LogP contribution in [0.25, 0.3) is 0 Å². The minimum Gasteiger partial charge on any atom is -0.468 e. The monoisotopic (exact) mass is 351 g/mol. The van der Waals surface area contributed by atoms with Crippen molar-refractivity contribution in [2.75, 3.05) is 12.3 Å². The van der Waals surface area contributed by atoms with Gasteiger partial charge in [-0.1, -0.05) is 13.8 Å². The van der Waals surface area contributed by atoms with Gasteiger partial charge in [0.15, 0.2) is 0 Å². The topological polar surface area (TPSA) is 67.6 Å². The highest BCUT2D eigenvalue weighted by Crippen LogP contribution is 2.64. The fourth-order valence-corrected chi connectivity index (χ4v) is 7.81. The van der Waals surface area contributed by atoms with Gasteiger partial charge in [-0.2, -0.15) is 4.31 Å². The number of rotatable bonds is 4. The van der Waals surface area contributed by atoms with E-state index in [1.54, 1.807) is 16.6 Å². The van der Waals surface area contributed by atoms with Gasteiger partial charge in [0.2, 0.25) is 10.0 Å². The van der Waals surface area contributed by atoms with Crippen LogP contribution < -0.4 is 0 Å². The number of carbonyl (C=O) groups excluding carboxylic acids is 1. The summed E-state index contributed by atoms with van der Waals surface area (Å²) in [5, 5.41) is 0. The maximum atomic E-state index is 13.2. The molecular weight excluding hydrogens is 326 g/mol. The second-order valence-electron chi connectivity index (χ2n) is 8.21. The van der Waals surface area contributed by atoms with Gasteiger partial charge in [0.1, 0.15) is 11.5 Å². The third-order valence-electron chi connectivity index (χ3n) is 7.00. The molecule has 132 valence electrons. The van der Waals surface area contributed by atoms with Gasteiger partial charge in [-0.05, 0) is 49.1 Å². The molecule has 4 rings (SSSR count). The normalized spacial score (nSPS) is 35.8. The van der Waals surface area contributed by atoms with Crippen molar-refractivity contribution in [1.82, 2.24) is 4.31 Å². The van der Waals surface area contributed by atoms with Crippen LogP contribution in [-0.4, -0.2) is 30.8 Å². The van der Waals surface area contributed by atoms with E-state index < -0.39 is 15.4 Å². The second-order valence-corrected chi connectivity index (χ2v) is 10.1. The van der Waals surface area contributed by atoms with Gasteiger partial charge in [-0.25, -0.2) is 8.42 Å². The quantitative estimate of drug-likeness (QED) is 0.836. The van der Waals surface area contributed by atoms with E-state index in [1.807, 2.05) is 6.07 Å². The Balaban J connectivity index is 1.65. The molecule has 3 aliphatic rings. The van der Waals surface area contributed by atoms with E-state index in [1.165, 1.54) is 0 Å². The van der Waals surface area contributed by atoms with E-state index in [0.29, 0.717) is 31.1 Å². The Morgan fingerprint density at radius 3 is 2.71 bits per heavy atom. The molecule has 2 saturated carbocycles. The summed E-state index contributed by atoms with van der Waals surface area (Å²) in [5.74, 6) is 1.15. The van der Waals surface area contributed by atoms with Crippen LogP contribution >= 0.6 is 0 Å². The zero-order valence-corrected chi connectivity index (χ0v) is 15.1. The second kappa shape index (κ2) is 5.18. The first-order valence-corrected chi connectivity index (χ1v) is 10.5. The first-order chi connectivity index (χ1) is 11.3. The van der Waals surface area contributed by atoms with Crippen LogP contribution in [-0.2, 0) is 14.8 Å². The predicted molar refractivity (Wildman–Crippen MR) is 89.7 cm³/mol. The zero-order valence-electron chi connectivity index (χ0n) is 14.3. The van der Waals surface area contributed by atoms with Crippen LogP contribution in [0.5, 0.6) is 0 Å². The predicted octanol–water partition coefficient (Wildman–Crippen LogP) is 3.14. The molecule has 2 heterocycles. The summed E-state index contributed by atoms with van der Waals surface area (Å²) in [6.07, 6.45) is 5.42. The molecule has 24 heavy (non-hydrogen) atoms. The first kappa shape index (κ1) is 16.3. The Labute approximate surface area is 143 Å². The lowest BCUT2D eigenvalue weighted by Crippen LogP contribution is -2.46. The summed E-state index contributed by atoms with van der Waals surface area (Å²) in [4.78, 5) is 12.7. The van der Waals surface area contributed by atoms with Crippen LogP contribution in [0.15, 0.2) is 22.8 Å². The molecule has 1 saturated heterocycles. The molecule has 1 aliphatic heterocycles. The molecule has 0 unspecified atom stereocenters. The van der Waals surface area contributed by atoms with E-state index in [-0.39, 0.29) is 23.0 Å². The number of furan rings is 1. The molecule has 0 amide bonds. The highest BCUT2D eigenvalue weighted by molar-refractivity contribution is 7.89. The molecule has 2 aliphatic carbocycles. The average Bonchev–Trinajstić information content (AvgIpc) is 3.24. The van der Waals surface area contributed by atoms with Gasteiger partial charge in [0.05, 0.1) is 18.1 Å². The summed E-state index contributed by atoms with van der Waals surface area (Å²) >= 11 is 0. The van der Waals surface area contributed by atoms with Crippen molar-refractivity contribution < 1.29 is 17.6 Å². The zero-order chi connectivity index (χ0) is 17.2. The largest absolute Gasteiger partial charge is 0.468 e. The summed E-state index contributed by atoms with van der Waals surface area (Å²) in [6, 6.07) is 3.41. The van der Waals surface area contributed by atoms with Crippen LogP contribution in [0.2, 0.25) is 0 Å². The minimum atomic E-state index is -3.51. The maximum absolute atomic E-state index is 13.2. The maximum Gasteiger partial charge on any atom is 0.215 e. The number of hydrogen-bond donors (Lipinski definition) is 0. The van der Waals surface area contributed by atoms with Gasteiger partial charge in [-0.15, -0.1) is 0 Å². The molecule has 2 bridgehead atoms. The van der Waals surface area contributed by atoms with Crippen LogP contribution in [0.1, 0.15) is 57.8 Å². The molecule has 0 N–H and O–H groups in total. The van der Waals surface area contributed by atoms with Gasteiger partial charge >= 0.3 is 0 Å². The van der Waals surface area contributed by atoms with Crippen LogP contribution in [0, 0.1) is 16.7 Å². The molecule has 1 aromatic rings. The van der Waals surface area contributed by atoms with E-state index in [9.17, 15) is 13.2 Å². The number of fused-ring (bicyclic) bond motifs is 2. The van der Waals surface area contributed by atoms with Gasteiger partial charge in [0.25, 0.3) is 0 Å². The number of carbonyl (C=O) groups is 1. The van der Waals surface area contributed by atoms with Crippen molar-refractivity contribution in [3.63, 3.8) is 0 Å². The van der Waals surface area contributed by atoms with Crippen molar-refractivity contribution in [1.29, 1.82) is 0 Å². The summed E-state index contributed by atoms with van der Waals surface area (Å²) in [7, 11) is -3.51. The number of sulfonamides is 1. The number of ketones is 1. The summed E-state index contributed by atoms with van der Waals surface area (Å²) in [6.45, 7) is 4.68. The van der Waals surface area contributed by atoms with E-state index in [2.05, 4.69) is 13.8 Å². The lowest BCUT2D eigenvalue weighted by atomic mass is 9.70. The van der Waals surface area contributed by atoms with E-state index >= 15 is 0 Å². The highest BCUT2D eigenvalue weighted by Gasteiger charge is 2.65. The molecule has 1 aromatic heterocycles. The van der Waals surface area contributed by atoms with E-state index in [4.69, 9.17) is 4.42 Å². The van der Waals surface area contributed by atoms with Crippen molar-refractivity contribution in [3.05, 3.63) is 24.2 Å². The fraction of sp³-hybridized carbons (Fsp3) is 0.722. The third kappa shape index (κ3) is 2.08. The molecular formula is C18H25NO4S. The Kier molecular flexibility index (Phi) is 3.52. The smallest absolute Gasteiger partial charge is 0.215 e. The number of Topliss-reactive ketones (excluding diaryl/α,β-unsaturated/α-hetero) is 1. The number of nitrogens with zero attached hydrogens (tertiary/aromatic N) is 1. The highest BCUT2D eigenvalue weighted by atomic mass is 32.2. The molecule has 3 fully saturated rings. The minimum absolute atomic E-state index is 0.0421. The van der Waals surface area contributed by atoms with Crippen LogP contribution in [0.4, 0.5) is 0 Å². The Bertz CT molecular complexity index is 752. The molecule has 0 spiro atoms. The van der Waals surface area contributed by atoms with Gasteiger partial charge in [0, 0.05) is 18.4 Å². The Hall–Kier alpha value is -1.14. The Morgan fingerprint density at radius 1 is 1.33 bits per heavy atom. The van der Waals surface area contributed by atoms with E-state index in [0.717, 1.165) is 19.3 Å². The number of hydrogen-bond acceptors (Lipinski definition) is 4. The van der Waals surface area contributed by atoms with Crippen molar-refractivity contribution in [2.45, 2.75) is 52.0 Å². The molecule has 5 nitrogen and oxygen atoms in total. The fourth-order valence-electron chi connectivity index (χ4n) is 5.34. The molecule has 0 radical (unpaired) electrons. The molecule has 0 aromatic carbocycles. The lowest BCUT2D eigenvalue weighted by molar-refractivity contribution is -0.128. The Morgan fingerprint density at radius 2 is 2.12 bits per heavy atom. The van der Waals surface area contributed by atoms with Gasteiger partial charge < -0.3 is 4.42 Å². The van der Waals surface area contributed by atoms with Crippen LogP contribution in [0.3, 0.4) is 0 Å². The average molecular weight is 351 g/mol. The third-order valence-corrected chi connectivity index (χ3v) is 9.01. The SMILES string of the molecule is CC1(C)[C@H]2CC[C@@]1(CS(=O)(=O)N1CCC[C@@H]1c1ccco1)C(=O)C2. The summed E-state index contributed by atoms with van der Waals surface area (Å²) in [5.41, 5.74) is -0.927. The summed E-state index contributed by atoms with van der Waals surface area (Å²) < 4.78 is 33.5. The lowest BCUT2D eigenvalue weighted by Gasteiger charge is -2.37.